The lowest BCUT2D eigenvalue weighted by Crippen LogP contribution is -2.43. The minimum absolute atomic E-state index is 0.130. The topological polar surface area (TPSA) is 43.7 Å². The molecule has 1 heterocycles. The molecular weight excluding hydrogens is 343 g/mol. The Labute approximate surface area is 152 Å². The number of rotatable bonds is 3. The molecule has 1 saturated carbocycles. The average Bonchev–Trinajstić information content (AvgIpc) is 3.01. The smallest absolute Gasteiger partial charge is 0.390 e. The number of alkyl halides is 3. The summed E-state index contributed by atoms with van der Waals surface area (Å²) in [5.41, 5.74) is 0.402. The lowest BCUT2D eigenvalue weighted by molar-refractivity contribution is -0.206. The zero-order valence-corrected chi connectivity index (χ0v) is 15.4. The van der Waals surface area contributed by atoms with E-state index in [2.05, 4.69) is 18.7 Å². The molecule has 2 fully saturated rings. The number of nitrogens with zero attached hydrogens (tertiary/aromatic N) is 1. The third-order valence-electron chi connectivity index (χ3n) is 6.57. The van der Waals surface area contributed by atoms with Gasteiger partial charge in [-0.2, -0.15) is 13.2 Å². The van der Waals surface area contributed by atoms with Crippen LogP contribution in [0.1, 0.15) is 57.6 Å². The van der Waals surface area contributed by atoms with Crippen LogP contribution >= 0.6 is 0 Å². The van der Waals surface area contributed by atoms with Gasteiger partial charge in [0.2, 0.25) is 0 Å². The Bertz CT molecular complexity index is 619. The van der Waals surface area contributed by atoms with Crippen molar-refractivity contribution in [3.63, 3.8) is 0 Å². The van der Waals surface area contributed by atoms with Gasteiger partial charge < -0.3 is 15.1 Å². The molecule has 0 amide bonds. The van der Waals surface area contributed by atoms with E-state index >= 15 is 0 Å². The predicted octanol–water partition coefficient (Wildman–Crippen LogP) is 4.44. The molecule has 0 radical (unpaired) electrons. The molecule has 2 N–H and O–H groups in total. The van der Waals surface area contributed by atoms with E-state index in [1.807, 2.05) is 0 Å². The Kier molecular flexibility index (Phi) is 5.03. The van der Waals surface area contributed by atoms with Crippen molar-refractivity contribution >= 4 is 5.69 Å². The molecule has 1 atom stereocenters. The van der Waals surface area contributed by atoms with Crippen LogP contribution in [0.5, 0.6) is 0 Å². The number of hydrogen-bond donors (Lipinski definition) is 2. The molecule has 0 unspecified atom stereocenters. The first-order valence-corrected chi connectivity index (χ1v) is 9.37. The second-order valence-electron chi connectivity index (χ2n) is 8.47. The highest BCUT2D eigenvalue weighted by Crippen LogP contribution is 2.49. The first-order valence-electron chi connectivity index (χ1n) is 9.37. The van der Waals surface area contributed by atoms with Gasteiger partial charge in [0.15, 0.2) is 6.10 Å². The Morgan fingerprint density at radius 1 is 1.00 bits per heavy atom. The summed E-state index contributed by atoms with van der Waals surface area (Å²) in [6.07, 6.45) is -2.42. The lowest BCUT2D eigenvalue weighted by atomic mass is 9.65. The Morgan fingerprint density at radius 3 is 2.08 bits per heavy atom. The summed E-state index contributed by atoms with van der Waals surface area (Å²) in [5, 5.41) is 20.0. The first kappa shape index (κ1) is 19.5. The number of anilines is 1. The largest absolute Gasteiger partial charge is 0.418 e. The Morgan fingerprint density at radius 2 is 1.58 bits per heavy atom. The van der Waals surface area contributed by atoms with E-state index in [4.69, 9.17) is 0 Å². The van der Waals surface area contributed by atoms with Crippen LogP contribution in [0.2, 0.25) is 0 Å². The van der Waals surface area contributed by atoms with Crippen molar-refractivity contribution in [2.24, 2.45) is 11.3 Å². The van der Waals surface area contributed by atoms with Crippen molar-refractivity contribution < 1.29 is 23.4 Å². The molecule has 1 aliphatic heterocycles. The summed E-state index contributed by atoms with van der Waals surface area (Å²) in [4.78, 5) is 2.21. The van der Waals surface area contributed by atoms with Crippen molar-refractivity contribution in [2.45, 2.75) is 63.8 Å². The van der Waals surface area contributed by atoms with E-state index in [1.54, 1.807) is 12.1 Å². The summed E-state index contributed by atoms with van der Waals surface area (Å²) < 4.78 is 37.8. The van der Waals surface area contributed by atoms with E-state index < -0.39 is 17.9 Å². The van der Waals surface area contributed by atoms with E-state index in [-0.39, 0.29) is 16.9 Å². The summed E-state index contributed by atoms with van der Waals surface area (Å²) in [6.45, 7) is 5.88. The normalized spacial score (nSPS) is 31.0. The lowest BCUT2D eigenvalue weighted by Gasteiger charge is -2.44. The quantitative estimate of drug-likeness (QED) is 0.826. The molecule has 1 aromatic rings. The highest BCUT2D eigenvalue weighted by Gasteiger charge is 2.46. The molecule has 26 heavy (non-hydrogen) atoms. The van der Waals surface area contributed by atoms with Crippen molar-refractivity contribution in [3.8, 4) is 0 Å². The average molecular weight is 371 g/mol. The zero-order valence-electron chi connectivity index (χ0n) is 15.4. The minimum atomic E-state index is -4.64. The van der Waals surface area contributed by atoms with Crippen LogP contribution < -0.4 is 4.90 Å². The van der Waals surface area contributed by atoms with Crippen LogP contribution in [0.4, 0.5) is 18.9 Å². The van der Waals surface area contributed by atoms with Gasteiger partial charge in [-0.05, 0) is 61.1 Å². The number of aliphatic hydroxyl groups excluding tert-OH is 1. The highest BCUT2D eigenvalue weighted by molar-refractivity contribution is 5.49. The fourth-order valence-corrected chi connectivity index (χ4v) is 4.41. The Balaban J connectivity index is 1.65. The molecule has 0 aromatic heterocycles. The van der Waals surface area contributed by atoms with Crippen molar-refractivity contribution in [1.82, 2.24) is 0 Å². The number of aliphatic hydroxyl groups is 2. The van der Waals surface area contributed by atoms with Crippen molar-refractivity contribution in [3.05, 3.63) is 29.8 Å². The standard InChI is InChI=1S/C20H28F3NO2/c1-14(2)19(26)9-7-18(8-10-19)11-12-24(13-18)16-5-3-15(4-6-16)17(25)20(21,22)23/h3-6,14,17,25-26H,7-13H2,1-2H3/t17-,18-,19+/m1/s1. The molecule has 3 nitrogen and oxygen atoms in total. The molecule has 6 heteroatoms. The molecule has 146 valence electrons. The van der Waals surface area contributed by atoms with Crippen LogP contribution in [-0.4, -0.2) is 35.1 Å². The molecule has 1 spiro atoms. The SMILES string of the molecule is CC(C)[C@]1(O)CC[C@]2(CCN(c3ccc([C@@H](O)C(F)(F)F)cc3)C2)CC1. The van der Waals surface area contributed by atoms with E-state index in [9.17, 15) is 23.4 Å². The maximum absolute atomic E-state index is 12.6. The third-order valence-corrected chi connectivity index (χ3v) is 6.57. The van der Waals surface area contributed by atoms with Gasteiger partial charge in [0.05, 0.1) is 5.60 Å². The van der Waals surface area contributed by atoms with E-state index in [0.29, 0.717) is 0 Å². The molecular formula is C20H28F3NO2. The van der Waals surface area contributed by atoms with Gasteiger partial charge in [-0.15, -0.1) is 0 Å². The zero-order chi connectivity index (χ0) is 19.2. The molecule has 0 bridgehead atoms. The van der Waals surface area contributed by atoms with Crippen LogP contribution in [0.15, 0.2) is 24.3 Å². The van der Waals surface area contributed by atoms with Gasteiger partial charge >= 0.3 is 6.18 Å². The van der Waals surface area contributed by atoms with Gasteiger partial charge in [0.1, 0.15) is 0 Å². The van der Waals surface area contributed by atoms with Crippen LogP contribution in [0.3, 0.4) is 0 Å². The predicted molar refractivity (Wildman–Crippen MR) is 95.0 cm³/mol. The summed E-state index contributed by atoms with van der Waals surface area (Å²) in [5.74, 6) is 0.255. The first-order chi connectivity index (χ1) is 12.0. The highest BCUT2D eigenvalue weighted by atomic mass is 19.4. The van der Waals surface area contributed by atoms with Crippen LogP contribution in [-0.2, 0) is 0 Å². The van der Waals surface area contributed by atoms with Crippen LogP contribution in [0, 0.1) is 11.3 Å². The summed E-state index contributed by atoms with van der Waals surface area (Å²) in [7, 11) is 0. The fourth-order valence-electron chi connectivity index (χ4n) is 4.41. The third kappa shape index (κ3) is 3.72. The van der Waals surface area contributed by atoms with Crippen molar-refractivity contribution in [2.75, 3.05) is 18.0 Å². The number of halogens is 3. The second kappa shape index (κ2) is 6.71. The van der Waals surface area contributed by atoms with E-state index in [0.717, 1.165) is 50.9 Å². The van der Waals surface area contributed by atoms with Gasteiger partial charge in [0, 0.05) is 18.8 Å². The van der Waals surface area contributed by atoms with Gasteiger partial charge in [-0.25, -0.2) is 0 Å². The van der Waals surface area contributed by atoms with Gasteiger partial charge in [-0.1, -0.05) is 26.0 Å². The minimum Gasteiger partial charge on any atom is -0.390 e. The van der Waals surface area contributed by atoms with E-state index in [1.165, 1.54) is 12.1 Å². The molecule has 1 saturated heterocycles. The van der Waals surface area contributed by atoms with Crippen LogP contribution in [0.25, 0.3) is 0 Å². The molecule has 1 aliphatic carbocycles. The summed E-state index contributed by atoms with van der Waals surface area (Å²) >= 11 is 0. The fraction of sp³-hybridized carbons (Fsp3) is 0.700. The second-order valence-corrected chi connectivity index (χ2v) is 8.47. The van der Waals surface area contributed by atoms with Crippen molar-refractivity contribution in [1.29, 1.82) is 0 Å². The van der Waals surface area contributed by atoms with Gasteiger partial charge in [0.25, 0.3) is 0 Å². The molecule has 1 aromatic carbocycles. The number of hydrogen-bond acceptors (Lipinski definition) is 3. The summed E-state index contributed by atoms with van der Waals surface area (Å²) in [6, 6.07) is 6.04. The number of benzene rings is 1. The molecule has 3 rings (SSSR count). The Hall–Kier alpha value is -1.27. The monoisotopic (exact) mass is 371 g/mol. The maximum Gasteiger partial charge on any atom is 0.418 e. The molecule has 2 aliphatic rings. The maximum atomic E-state index is 12.6. The van der Waals surface area contributed by atoms with Gasteiger partial charge in [-0.3, -0.25) is 0 Å².